The Hall–Kier alpha value is -3.14. The van der Waals surface area contributed by atoms with Crippen LogP contribution in [0.1, 0.15) is 11.3 Å². The second kappa shape index (κ2) is 7.40. The lowest BCUT2D eigenvalue weighted by atomic mass is 10.2. The number of rotatable bonds is 6. The van der Waals surface area contributed by atoms with E-state index in [2.05, 4.69) is 15.5 Å². The number of hydrogen-bond donors (Lipinski definition) is 1. The first-order valence-corrected chi connectivity index (χ1v) is 8.48. The number of carbonyl (C=O) groups is 1. The second-order valence-electron chi connectivity index (χ2n) is 5.36. The van der Waals surface area contributed by atoms with E-state index >= 15 is 0 Å². The number of nitro benzene ring substituents is 1. The SMILES string of the molecule is Cc1cc([N+](=O)[O-])ccc1NC(=O)CSc1nnc(-c2ccoc2C)o1. The van der Waals surface area contributed by atoms with Gasteiger partial charge in [-0.25, -0.2) is 0 Å². The van der Waals surface area contributed by atoms with E-state index < -0.39 is 4.92 Å². The van der Waals surface area contributed by atoms with Gasteiger partial charge in [0.2, 0.25) is 5.91 Å². The van der Waals surface area contributed by atoms with Gasteiger partial charge in [-0.3, -0.25) is 14.9 Å². The molecule has 134 valence electrons. The Labute approximate surface area is 151 Å². The summed E-state index contributed by atoms with van der Waals surface area (Å²) >= 11 is 1.09. The first kappa shape index (κ1) is 17.7. The van der Waals surface area contributed by atoms with Crippen molar-refractivity contribution in [1.82, 2.24) is 10.2 Å². The molecule has 0 atom stereocenters. The molecule has 0 spiro atoms. The van der Waals surface area contributed by atoms with Crippen LogP contribution in [-0.4, -0.2) is 26.8 Å². The largest absolute Gasteiger partial charge is 0.469 e. The molecule has 1 amide bonds. The number of anilines is 1. The fourth-order valence-electron chi connectivity index (χ4n) is 2.20. The highest BCUT2D eigenvalue weighted by Crippen LogP contribution is 2.26. The quantitative estimate of drug-likeness (QED) is 0.394. The lowest BCUT2D eigenvalue weighted by molar-refractivity contribution is -0.384. The molecule has 0 aliphatic rings. The molecule has 0 aliphatic carbocycles. The third kappa shape index (κ3) is 3.91. The zero-order valence-electron chi connectivity index (χ0n) is 13.9. The van der Waals surface area contributed by atoms with Gasteiger partial charge in [0.1, 0.15) is 5.76 Å². The highest BCUT2D eigenvalue weighted by atomic mass is 32.2. The molecule has 10 heteroatoms. The Kier molecular flexibility index (Phi) is 5.03. The van der Waals surface area contributed by atoms with E-state index in [9.17, 15) is 14.9 Å². The van der Waals surface area contributed by atoms with E-state index in [0.29, 0.717) is 28.5 Å². The monoisotopic (exact) mass is 374 g/mol. The molecule has 1 aromatic carbocycles. The molecule has 0 fully saturated rings. The summed E-state index contributed by atoms with van der Waals surface area (Å²) in [4.78, 5) is 22.3. The van der Waals surface area contributed by atoms with Crippen LogP contribution in [0.3, 0.4) is 0 Å². The van der Waals surface area contributed by atoms with Crippen molar-refractivity contribution in [1.29, 1.82) is 0 Å². The number of benzene rings is 1. The number of carbonyl (C=O) groups excluding carboxylic acids is 1. The van der Waals surface area contributed by atoms with Gasteiger partial charge in [-0.05, 0) is 31.5 Å². The minimum atomic E-state index is -0.483. The van der Waals surface area contributed by atoms with Crippen LogP contribution in [0.25, 0.3) is 11.5 Å². The maximum atomic E-state index is 12.1. The van der Waals surface area contributed by atoms with Crippen LogP contribution >= 0.6 is 11.8 Å². The van der Waals surface area contributed by atoms with Crippen molar-refractivity contribution in [2.24, 2.45) is 0 Å². The van der Waals surface area contributed by atoms with Crippen molar-refractivity contribution < 1.29 is 18.6 Å². The zero-order chi connectivity index (χ0) is 18.7. The normalized spacial score (nSPS) is 10.7. The fourth-order valence-corrected chi connectivity index (χ4v) is 2.76. The minimum absolute atomic E-state index is 0.0252. The molecule has 3 rings (SSSR count). The molecule has 0 saturated carbocycles. The van der Waals surface area contributed by atoms with E-state index in [0.717, 1.165) is 11.8 Å². The highest BCUT2D eigenvalue weighted by molar-refractivity contribution is 7.99. The molecule has 2 aromatic heterocycles. The molecule has 0 saturated heterocycles. The Bertz CT molecular complexity index is 965. The molecule has 2 heterocycles. The summed E-state index contributed by atoms with van der Waals surface area (Å²) in [6, 6.07) is 5.97. The summed E-state index contributed by atoms with van der Waals surface area (Å²) in [6.07, 6.45) is 1.53. The number of aryl methyl sites for hydroxylation is 2. The molecule has 1 N–H and O–H groups in total. The van der Waals surface area contributed by atoms with Gasteiger partial charge in [0.05, 0.1) is 22.5 Å². The van der Waals surface area contributed by atoms with Gasteiger partial charge in [0, 0.05) is 17.8 Å². The number of nitrogens with one attached hydrogen (secondary N) is 1. The molecule has 26 heavy (non-hydrogen) atoms. The van der Waals surface area contributed by atoms with Gasteiger partial charge in [0.15, 0.2) is 0 Å². The summed E-state index contributed by atoms with van der Waals surface area (Å²) in [7, 11) is 0. The predicted octanol–water partition coefficient (Wildman–Crippen LogP) is 3.59. The van der Waals surface area contributed by atoms with Crippen molar-refractivity contribution in [3.05, 3.63) is 52.0 Å². The van der Waals surface area contributed by atoms with Crippen molar-refractivity contribution in [2.75, 3.05) is 11.1 Å². The number of nitro groups is 1. The zero-order valence-corrected chi connectivity index (χ0v) is 14.7. The van der Waals surface area contributed by atoms with Crippen LogP contribution in [-0.2, 0) is 4.79 Å². The first-order chi connectivity index (χ1) is 12.4. The maximum Gasteiger partial charge on any atom is 0.277 e. The topological polar surface area (TPSA) is 124 Å². The van der Waals surface area contributed by atoms with Crippen molar-refractivity contribution in [2.45, 2.75) is 19.1 Å². The molecule has 3 aromatic rings. The van der Waals surface area contributed by atoms with Crippen molar-refractivity contribution in [3.8, 4) is 11.5 Å². The number of furan rings is 1. The predicted molar refractivity (Wildman–Crippen MR) is 93.9 cm³/mol. The summed E-state index contributed by atoms with van der Waals surface area (Å²) in [5.41, 5.74) is 1.80. The summed E-state index contributed by atoms with van der Waals surface area (Å²) in [5.74, 6) is 0.760. The molecule has 0 bridgehead atoms. The van der Waals surface area contributed by atoms with Crippen molar-refractivity contribution >= 4 is 29.0 Å². The maximum absolute atomic E-state index is 12.1. The third-order valence-electron chi connectivity index (χ3n) is 3.52. The summed E-state index contributed by atoms with van der Waals surface area (Å²) in [6.45, 7) is 3.47. The van der Waals surface area contributed by atoms with Crippen LogP contribution in [0.4, 0.5) is 11.4 Å². The number of aromatic nitrogens is 2. The van der Waals surface area contributed by atoms with Gasteiger partial charge in [-0.1, -0.05) is 11.8 Å². The Morgan fingerprint density at radius 3 is 2.77 bits per heavy atom. The Balaban J connectivity index is 1.59. The molecule has 0 aliphatic heterocycles. The smallest absolute Gasteiger partial charge is 0.277 e. The molecule has 9 nitrogen and oxygen atoms in total. The Morgan fingerprint density at radius 1 is 1.31 bits per heavy atom. The van der Waals surface area contributed by atoms with E-state index in [1.165, 1.54) is 24.5 Å². The standard InChI is InChI=1S/C16H14N4O5S/c1-9-7-11(20(22)23)3-4-13(9)17-14(21)8-26-16-19-18-15(25-16)12-5-6-24-10(12)2/h3-7H,8H2,1-2H3,(H,17,21). The van der Waals surface area contributed by atoms with E-state index in [4.69, 9.17) is 8.83 Å². The van der Waals surface area contributed by atoms with Crippen LogP contribution in [0.15, 0.2) is 44.6 Å². The van der Waals surface area contributed by atoms with Crippen LogP contribution in [0, 0.1) is 24.0 Å². The first-order valence-electron chi connectivity index (χ1n) is 7.49. The van der Waals surface area contributed by atoms with E-state index in [-0.39, 0.29) is 22.6 Å². The molecular formula is C16H14N4O5S. The lowest BCUT2D eigenvalue weighted by Gasteiger charge is -2.07. The van der Waals surface area contributed by atoms with Gasteiger partial charge in [0.25, 0.3) is 16.8 Å². The summed E-state index contributed by atoms with van der Waals surface area (Å²) < 4.78 is 10.7. The summed E-state index contributed by atoms with van der Waals surface area (Å²) in [5, 5.41) is 21.5. The Morgan fingerprint density at radius 2 is 2.12 bits per heavy atom. The van der Waals surface area contributed by atoms with Gasteiger partial charge in [-0.15, -0.1) is 10.2 Å². The number of non-ortho nitro benzene ring substituents is 1. The van der Waals surface area contributed by atoms with Crippen LogP contribution < -0.4 is 5.32 Å². The van der Waals surface area contributed by atoms with Crippen molar-refractivity contribution in [3.63, 3.8) is 0 Å². The molecule has 0 unspecified atom stereocenters. The van der Waals surface area contributed by atoms with Crippen LogP contribution in [0.2, 0.25) is 0 Å². The number of hydrogen-bond acceptors (Lipinski definition) is 8. The number of nitrogens with zero attached hydrogens (tertiary/aromatic N) is 3. The number of thioether (sulfide) groups is 1. The third-order valence-corrected chi connectivity index (χ3v) is 4.34. The second-order valence-corrected chi connectivity index (χ2v) is 6.28. The highest BCUT2D eigenvalue weighted by Gasteiger charge is 2.15. The average Bonchev–Trinajstić information content (AvgIpc) is 3.23. The fraction of sp³-hybridized carbons (Fsp3) is 0.188. The minimum Gasteiger partial charge on any atom is -0.469 e. The van der Waals surface area contributed by atoms with E-state index in [1.807, 2.05) is 0 Å². The average molecular weight is 374 g/mol. The van der Waals surface area contributed by atoms with E-state index in [1.54, 1.807) is 19.9 Å². The lowest BCUT2D eigenvalue weighted by Crippen LogP contribution is -2.14. The number of amides is 1. The van der Waals surface area contributed by atoms with Gasteiger partial charge < -0.3 is 14.2 Å². The van der Waals surface area contributed by atoms with Crippen LogP contribution in [0.5, 0.6) is 0 Å². The van der Waals surface area contributed by atoms with Gasteiger partial charge >= 0.3 is 0 Å². The molecule has 0 radical (unpaired) electrons. The molecular weight excluding hydrogens is 360 g/mol. The van der Waals surface area contributed by atoms with Gasteiger partial charge in [-0.2, -0.15) is 0 Å².